The Bertz CT molecular complexity index is 1340. The second kappa shape index (κ2) is 7.63. The molecular formula is C21H24N4O4S2. The van der Waals surface area contributed by atoms with Crippen molar-refractivity contribution in [1.29, 1.82) is 0 Å². The zero-order chi connectivity index (χ0) is 21.6. The Balaban J connectivity index is 1.55. The Kier molecular flexibility index (Phi) is 5.04. The van der Waals surface area contributed by atoms with Gasteiger partial charge in [-0.05, 0) is 49.2 Å². The maximum atomic E-state index is 13.4. The number of hydrogen-bond acceptors (Lipinski definition) is 6. The van der Waals surface area contributed by atoms with Crippen LogP contribution in [0.3, 0.4) is 0 Å². The molecule has 2 fully saturated rings. The third kappa shape index (κ3) is 3.84. The van der Waals surface area contributed by atoms with Crippen LogP contribution in [0.4, 0.5) is 5.69 Å². The van der Waals surface area contributed by atoms with Gasteiger partial charge in [-0.3, -0.25) is 0 Å². The third-order valence-corrected chi connectivity index (χ3v) is 8.91. The van der Waals surface area contributed by atoms with Crippen LogP contribution < -0.4 is 14.9 Å². The number of rotatable bonds is 6. The Morgan fingerprint density at radius 2 is 1.61 bits per heavy atom. The first-order valence-electron chi connectivity index (χ1n) is 10.3. The molecule has 1 saturated carbocycles. The fourth-order valence-electron chi connectivity index (χ4n) is 3.92. The van der Waals surface area contributed by atoms with Crippen molar-refractivity contribution in [3.63, 3.8) is 0 Å². The molecule has 3 aromatic rings. The van der Waals surface area contributed by atoms with Crippen LogP contribution in [0.1, 0.15) is 12.8 Å². The smallest absolute Gasteiger partial charge is 0.268 e. The lowest BCUT2D eigenvalue weighted by Crippen LogP contribution is -2.43. The number of aromatic nitrogens is 1. The summed E-state index contributed by atoms with van der Waals surface area (Å²) in [5.41, 5.74) is 1.57. The number of nitrogens with zero attached hydrogens (tertiary/aromatic N) is 2. The Morgan fingerprint density at radius 1 is 0.903 bits per heavy atom. The zero-order valence-corrected chi connectivity index (χ0v) is 18.5. The lowest BCUT2D eigenvalue weighted by atomic mass is 10.2. The molecule has 1 aliphatic heterocycles. The zero-order valence-electron chi connectivity index (χ0n) is 16.9. The molecule has 2 aromatic carbocycles. The normalized spacial score (nSPS) is 17.9. The summed E-state index contributed by atoms with van der Waals surface area (Å²) in [5.74, 6) is 0. The van der Waals surface area contributed by atoms with E-state index in [2.05, 4.69) is 14.9 Å². The maximum Gasteiger partial charge on any atom is 0.268 e. The van der Waals surface area contributed by atoms with Gasteiger partial charge in [-0.1, -0.05) is 12.1 Å². The van der Waals surface area contributed by atoms with E-state index in [0.717, 1.165) is 50.1 Å². The second-order valence-corrected chi connectivity index (χ2v) is 11.5. The van der Waals surface area contributed by atoms with Crippen molar-refractivity contribution >= 4 is 36.6 Å². The van der Waals surface area contributed by atoms with E-state index >= 15 is 0 Å². The van der Waals surface area contributed by atoms with Gasteiger partial charge in [0.1, 0.15) is 0 Å². The van der Waals surface area contributed by atoms with Gasteiger partial charge in [-0.25, -0.2) is 25.5 Å². The number of benzene rings is 2. The first-order chi connectivity index (χ1) is 14.9. The maximum absolute atomic E-state index is 13.4. The molecule has 5 rings (SSSR count). The largest absolute Gasteiger partial charge is 0.368 e. The van der Waals surface area contributed by atoms with Crippen molar-refractivity contribution in [3.8, 4) is 0 Å². The summed E-state index contributed by atoms with van der Waals surface area (Å²) in [7, 11) is -7.72. The fraction of sp³-hybridized carbons (Fsp3) is 0.333. The standard InChI is InChI=1S/C21H24N4O4S2/c26-30(27,23-16-7-8-16)17-3-1-4-18(15-17)31(28,29)25-12-9-19-20(5-2-6-21(19)25)24-13-10-22-11-14-24/h1-6,9,12,15-16,22-23H,7-8,10-11,13-14H2. The topological polar surface area (TPSA) is 101 Å². The summed E-state index contributed by atoms with van der Waals surface area (Å²) in [4.78, 5) is 2.14. The van der Waals surface area contributed by atoms with Crippen molar-refractivity contribution in [2.45, 2.75) is 28.7 Å². The molecule has 0 bridgehead atoms. The number of hydrogen-bond donors (Lipinski definition) is 2. The van der Waals surface area contributed by atoms with Crippen molar-refractivity contribution < 1.29 is 16.8 Å². The summed E-state index contributed by atoms with van der Waals surface area (Å²) < 4.78 is 55.8. The Hall–Kier alpha value is -2.40. The van der Waals surface area contributed by atoms with E-state index in [4.69, 9.17) is 0 Å². The van der Waals surface area contributed by atoms with Crippen LogP contribution in [0.5, 0.6) is 0 Å². The van der Waals surface area contributed by atoms with Crippen LogP contribution in [0.25, 0.3) is 10.9 Å². The van der Waals surface area contributed by atoms with Gasteiger partial charge in [0.2, 0.25) is 10.0 Å². The summed E-state index contributed by atoms with van der Waals surface area (Å²) >= 11 is 0. The molecule has 8 nitrogen and oxygen atoms in total. The van der Waals surface area contributed by atoms with Crippen LogP contribution in [0.15, 0.2) is 64.5 Å². The first kappa shape index (κ1) is 20.5. The molecular weight excluding hydrogens is 436 g/mol. The summed E-state index contributed by atoms with van der Waals surface area (Å²) in [6, 6.07) is 12.9. The highest BCUT2D eigenvalue weighted by Crippen LogP contribution is 2.31. The molecule has 2 aliphatic rings. The van der Waals surface area contributed by atoms with Gasteiger partial charge in [-0.15, -0.1) is 0 Å². The van der Waals surface area contributed by atoms with E-state index in [1.807, 2.05) is 12.1 Å². The van der Waals surface area contributed by atoms with Crippen molar-refractivity contribution in [3.05, 3.63) is 54.7 Å². The van der Waals surface area contributed by atoms with Gasteiger partial charge in [0.05, 0.1) is 15.3 Å². The second-order valence-electron chi connectivity index (χ2n) is 7.93. The molecule has 31 heavy (non-hydrogen) atoms. The van der Waals surface area contributed by atoms with Crippen LogP contribution in [-0.4, -0.2) is 53.0 Å². The number of fused-ring (bicyclic) bond motifs is 1. The van der Waals surface area contributed by atoms with Gasteiger partial charge in [0.15, 0.2) is 0 Å². The highest BCUT2D eigenvalue weighted by molar-refractivity contribution is 7.90. The first-order valence-corrected chi connectivity index (χ1v) is 13.2. The fourth-order valence-corrected chi connectivity index (χ4v) is 6.74. The number of sulfonamides is 1. The van der Waals surface area contributed by atoms with Gasteiger partial charge >= 0.3 is 0 Å². The van der Waals surface area contributed by atoms with E-state index < -0.39 is 20.0 Å². The molecule has 0 atom stereocenters. The molecule has 1 aliphatic carbocycles. The van der Waals surface area contributed by atoms with E-state index in [1.165, 1.54) is 34.4 Å². The minimum absolute atomic E-state index is 0.0431. The summed E-state index contributed by atoms with van der Waals surface area (Å²) in [6.45, 7) is 3.47. The van der Waals surface area contributed by atoms with Gasteiger partial charge in [0.25, 0.3) is 10.0 Å². The SMILES string of the molecule is O=S(=O)(NC1CC1)c1cccc(S(=O)(=O)n2ccc3c(N4CCNCC4)cccc32)c1. The predicted molar refractivity (Wildman–Crippen MR) is 119 cm³/mol. The Labute approximate surface area is 182 Å². The summed E-state index contributed by atoms with van der Waals surface area (Å²) in [6.07, 6.45) is 3.15. The molecule has 10 heteroatoms. The highest BCUT2D eigenvalue weighted by Gasteiger charge is 2.29. The average Bonchev–Trinajstić information content (AvgIpc) is 3.46. The molecule has 0 spiro atoms. The lowest BCUT2D eigenvalue weighted by molar-refractivity contribution is 0.580. The monoisotopic (exact) mass is 460 g/mol. The van der Waals surface area contributed by atoms with Gasteiger partial charge < -0.3 is 10.2 Å². The minimum atomic E-state index is -3.97. The quantitative estimate of drug-likeness (QED) is 0.581. The van der Waals surface area contributed by atoms with Crippen molar-refractivity contribution in [2.24, 2.45) is 0 Å². The molecule has 1 aromatic heterocycles. The number of anilines is 1. The van der Waals surface area contributed by atoms with E-state index in [-0.39, 0.29) is 15.8 Å². The van der Waals surface area contributed by atoms with Gasteiger partial charge in [0, 0.05) is 49.5 Å². The summed E-state index contributed by atoms with van der Waals surface area (Å²) in [5, 5.41) is 4.17. The molecule has 0 unspecified atom stereocenters. The molecule has 164 valence electrons. The number of piperazine rings is 1. The van der Waals surface area contributed by atoms with Crippen molar-refractivity contribution in [1.82, 2.24) is 14.0 Å². The molecule has 2 heterocycles. The molecule has 0 amide bonds. The van der Waals surface area contributed by atoms with E-state index in [1.54, 1.807) is 12.1 Å². The van der Waals surface area contributed by atoms with Crippen LogP contribution in [-0.2, 0) is 20.0 Å². The molecule has 0 radical (unpaired) electrons. The van der Waals surface area contributed by atoms with Crippen LogP contribution in [0.2, 0.25) is 0 Å². The van der Waals surface area contributed by atoms with Crippen LogP contribution >= 0.6 is 0 Å². The molecule has 1 saturated heterocycles. The minimum Gasteiger partial charge on any atom is -0.368 e. The Morgan fingerprint density at radius 3 is 2.35 bits per heavy atom. The van der Waals surface area contributed by atoms with Crippen LogP contribution in [0, 0.1) is 0 Å². The third-order valence-electron chi connectivity index (χ3n) is 5.70. The van der Waals surface area contributed by atoms with Gasteiger partial charge in [-0.2, -0.15) is 0 Å². The molecule has 2 N–H and O–H groups in total. The van der Waals surface area contributed by atoms with E-state index in [0.29, 0.717) is 5.52 Å². The lowest BCUT2D eigenvalue weighted by Gasteiger charge is -2.30. The van der Waals surface area contributed by atoms with Crippen molar-refractivity contribution in [2.75, 3.05) is 31.1 Å². The van der Waals surface area contributed by atoms with E-state index in [9.17, 15) is 16.8 Å². The predicted octanol–water partition coefficient (Wildman–Crippen LogP) is 1.73. The average molecular weight is 461 g/mol. The number of nitrogens with one attached hydrogen (secondary N) is 2. The highest BCUT2D eigenvalue weighted by atomic mass is 32.2.